The monoisotopic (exact) mass is 531 g/mol. The van der Waals surface area contributed by atoms with Crippen LogP contribution in [0.4, 0.5) is 0 Å². The molecule has 2 N–H and O–H groups in total. The Morgan fingerprint density at radius 3 is 2.43 bits per heavy atom. The Morgan fingerprint density at radius 1 is 1.17 bits per heavy atom. The van der Waals surface area contributed by atoms with Crippen molar-refractivity contribution in [3.05, 3.63) is 29.8 Å². The first-order chi connectivity index (χ1) is 14.2. The number of hydrogen-bond donors (Lipinski definition) is 2. The summed E-state index contributed by atoms with van der Waals surface area (Å²) in [5, 5.41) is 13.9. The van der Waals surface area contributed by atoms with Crippen LogP contribution in [0.2, 0.25) is 0 Å². The summed E-state index contributed by atoms with van der Waals surface area (Å²) in [6.45, 7) is 6.06. The Balaban J connectivity index is 0.00000320. The van der Waals surface area contributed by atoms with Crippen molar-refractivity contribution in [1.82, 2.24) is 10.2 Å². The van der Waals surface area contributed by atoms with Crippen LogP contribution >= 0.6 is 24.0 Å². The fraction of sp³-hybridized carbons (Fsp3) is 0.696. The van der Waals surface area contributed by atoms with E-state index in [1.54, 1.807) is 7.11 Å². The van der Waals surface area contributed by atoms with Crippen molar-refractivity contribution < 1.29 is 14.6 Å². The number of piperidine rings is 1. The van der Waals surface area contributed by atoms with E-state index in [-0.39, 0.29) is 24.0 Å². The van der Waals surface area contributed by atoms with Gasteiger partial charge in [-0.15, -0.1) is 24.0 Å². The van der Waals surface area contributed by atoms with Crippen molar-refractivity contribution in [2.75, 3.05) is 39.9 Å². The van der Waals surface area contributed by atoms with Crippen LogP contribution in [0.15, 0.2) is 29.3 Å². The third-order valence-electron chi connectivity index (χ3n) is 6.03. The molecule has 170 valence electrons. The molecule has 0 aromatic heterocycles. The van der Waals surface area contributed by atoms with E-state index in [0.717, 1.165) is 62.3 Å². The van der Waals surface area contributed by atoms with E-state index < -0.39 is 6.10 Å². The van der Waals surface area contributed by atoms with E-state index in [2.05, 4.69) is 17.1 Å². The average Bonchev–Trinajstić information content (AvgIpc) is 3.29. The number of nitrogens with zero attached hydrogens (tertiary/aromatic N) is 2. The van der Waals surface area contributed by atoms with Crippen LogP contribution in [0.5, 0.6) is 5.75 Å². The summed E-state index contributed by atoms with van der Waals surface area (Å²) < 4.78 is 11.4. The lowest BCUT2D eigenvalue weighted by Gasteiger charge is -2.34. The van der Waals surface area contributed by atoms with Gasteiger partial charge < -0.3 is 24.8 Å². The van der Waals surface area contributed by atoms with Gasteiger partial charge in [0.2, 0.25) is 0 Å². The maximum absolute atomic E-state index is 10.5. The predicted octanol–water partition coefficient (Wildman–Crippen LogP) is 3.98. The van der Waals surface area contributed by atoms with Gasteiger partial charge in [0.05, 0.1) is 25.9 Å². The van der Waals surface area contributed by atoms with Crippen LogP contribution < -0.4 is 10.1 Å². The maximum atomic E-state index is 10.5. The molecule has 2 fully saturated rings. The van der Waals surface area contributed by atoms with Crippen LogP contribution in [0.1, 0.15) is 57.1 Å². The summed E-state index contributed by atoms with van der Waals surface area (Å²) in [7, 11) is 1.64. The summed E-state index contributed by atoms with van der Waals surface area (Å²) in [6.07, 6.45) is 7.26. The highest BCUT2D eigenvalue weighted by molar-refractivity contribution is 14.0. The first-order valence-electron chi connectivity index (χ1n) is 11.2. The molecule has 1 saturated heterocycles. The standard InChI is InChI=1S/C23H37N3O3.HI/c1-3-24-23(25-16-22(27)19-8-10-20(28-2)11-9-19)26-14-12-21(13-15-26)29-17-18-6-4-5-7-18;/h8-11,18,21-22,27H,3-7,12-17H2,1-2H3,(H,24,25);1H. The van der Waals surface area contributed by atoms with Crippen molar-refractivity contribution in [2.24, 2.45) is 10.9 Å². The number of guanidine groups is 1. The summed E-state index contributed by atoms with van der Waals surface area (Å²) >= 11 is 0. The molecule has 0 bridgehead atoms. The van der Waals surface area contributed by atoms with Crippen LogP contribution in [0.25, 0.3) is 0 Å². The molecular weight excluding hydrogens is 493 g/mol. The lowest BCUT2D eigenvalue weighted by molar-refractivity contribution is 0.000979. The number of methoxy groups -OCH3 is 1. The molecule has 1 saturated carbocycles. The molecule has 1 atom stereocenters. The molecule has 6 nitrogen and oxygen atoms in total. The number of rotatable bonds is 8. The molecule has 3 rings (SSSR count). The van der Waals surface area contributed by atoms with Crippen molar-refractivity contribution >= 4 is 29.9 Å². The number of aliphatic hydroxyl groups is 1. The number of aliphatic hydroxyl groups excluding tert-OH is 1. The molecule has 2 aliphatic rings. The predicted molar refractivity (Wildman–Crippen MR) is 132 cm³/mol. The molecule has 1 aromatic carbocycles. The highest BCUT2D eigenvalue weighted by Crippen LogP contribution is 2.26. The smallest absolute Gasteiger partial charge is 0.194 e. The van der Waals surface area contributed by atoms with Gasteiger partial charge >= 0.3 is 0 Å². The Bertz CT molecular complexity index is 627. The van der Waals surface area contributed by atoms with Crippen LogP contribution in [0.3, 0.4) is 0 Å². The SMILES string of the molecule is CCNC(=NCC(O)c1ccc(OC)cc1)N1CCC(OCC2CCCC2)CC1.I. The summed E-state index contributed by atoms with van der Waals surface area (Å²) in [6, 6.07) is 7.51. The molecule has 1 unspecified atom stereocenters. The number of likely N-dealkylation sites (tertiary alicyclic amines) is 1. The van der Waals surface area contributed by atoms with Gasteiger partial charge in [0.25, 0.3) is 0 Å². The first kappa shape index (κ1) is 25.2. The van der Waals surface area contributed by atoms with Crippen LogP contribution in [0, 0.1) is 5.92 Å². The number of ether oxygens (including phenoxy) is 2. The summed E-state index contributed by atoms with van der Waals surface area (Å²) in [5.74, 6) is 2.46. The van der Waals surface area contributed by atoms with Crippen molar-refractivity contribution in [2.45, 2.75) is 57.7 Å². The van der Waals surface area contributed by atoms with Gasteiger partial charge in [0.15, 0.2) is 5.96 Å². The zero-order valence-electron chi connectivity index (χ0n) is 18.4. The average molecular weight is 531 g/mol. The molecule has 1 aliphatic heterocycles. The van der Waals surface area contributed by atoms with Gasteiger partial charge in [0.1, 0.15) is 5.75 Å². The molecule has 1 aliphatic carbocycles. The third kappa shape index (κ3) is 7.57. The molecule has 0 spiro atoms. The Labute approximate surface area is 198 Å². The quantitative estimate of drug-likeness (QED) is 0.302. The highest BCUT2D eigenvalue weighted by Gasteiger charge is 2.24. The molecule has 7 heteroatoms. The molecular formula is C23H38IN3O3. The minimum absolute atomic E-state index is 0. The fourth-order valence-electron chi connectivity index (χ4n) is 4.21. The van der Waals surface area contributed by atoms with E-state index in [0.29, 0.717) is 12.6 Å². The lowest BCUT2D eigenvalue weighted by atomic mass is 10.1. The first-order valence-corrected chi connectivity index (χ1v) is 11.2. The molecule has 0 radical (unpaired) electrons. The number of halogens is 1. The second kappa shape index (κ2) is 13.4. The highest BCUT2D eigenvalue weighted by atomic mass is 127. The van der Waals surface area contributed by atoms with Gasteiger partial charge in [-0.2, -0.15) is 0 Å². The van der Waals surface area contributed by atoms with E-state index in [4.69, 9.17) is 14.5 Å². The van der Waals surface area contributed by atoms with Crippen LogP contribution in [-0.2, 0) is 4.74 Å². The third-order valence-corrected chi connectivity index (χ3v) is 6.03. The Morgan fingerprint density at radius 2 is 1.83 bits per heavy atom. The van der Waals surface area contributed by atoms with E-state index >= 15 is 0 Å². The van der Waals surface area contributed by atoms with Gasteiger partial charge in [0, 0.05) is 26.2 Å². The maximum Gasteiger partial charge on any atom is 0.194 e. The van der Waals surface area contributed by atoms with Crippen molar-refractivity contribution in [3.8, 4) is 5.75 Å². The Kier molecular flexibility index (Phi) is 11.2. The topological polar surface area (TPSA) is 66.3 Å². The fourth-order valence-corrected chi connectivity index (χ4v) is 4.21. The zero-order valence-corrected chi connectivity index (χ0v) is 20.7. The van der Waals surface area contributed by atoms with Crippen molar-refractivity contribution in [1.29, 1.82) is 0 Å². The minimum atomic E-state index is -0.623. The molecule has 0 amide bonds. The molecule has 30 heavy (non-hydrogen) atoms. The van der Waals surface area contributed by atoms with E-state index in [9.17, 15) is 5.11 Å². The van der Waals surface area contributed by atoms with E-state index in [1.807, 2.05) is 24.3 Å². The number of aliphatic imine (C=N–C) groups is 1. The number of benzene rings is 1. The number of nitrogens with one attached hydrogen (secondary N) is 1. The minimum Gasteiger partial charge on any atom is -0.497 e. The summed E-state index contributed by atoms with van der Waals surface area (Å²) in [4.78, 5) is 6.99. The second-order valence-electron chi connectivity index (χ2n) is 8.15. The number of hydrogen-bond acceptors (Lipinski definition) is 4. The molecule has 1 aromatic rings. The second-order valence-corrected chi connectivity index (χ2v) is 8.15. The van der Waals surface area contributed by atoms with Crippen molar-refractivity contribution in [3.63, 3.8) is 0 Å². The Hall–Kier alpha value is -1.06. The van der Waals surface area contributed by atoms with Crippen LogP contribution in [-0.4, -0.2) is 62.0 Å². The van der Waals surface area contributed by atoms with Gasteiger partial charge in [-0.25, -0.2) is 0 Å². The molecule has 1 heterocycles. The van der Waals surface area contributed by atoms with Gasteiger partial charge in [-0.05, 0) is 56.2 Å². The van der Waals surface area contributed by atoms with Gasteiger partial charge in [-0.3, -0.25) is 4.99 Å². The van der Waals surface area contributed by atoms with E-state index in [1.165, 1.54) is 25.7 Å². The summed E-state index contributed by atoms with van der Waals surface area (Å²) in [5.41, 5.74) is 0.851. The lowest BCUT2D eigenvalue weighted by Crippen LogP contribution is -2.47. The largest absolute Gasteiger partial charge is 0.497 e. The normalized spacial score (nSPS) is 19.4. The van der Waals surface area contributed by atoms with Gasteiger partial charge in [-0.1, -0.05) is 25.0 Å². The zero-order chi connectivity index (χ0) is 20.5.